The number of aromatic nitrogens is 3. The van der Waals surface area contributed by atoms with Gasteiger partial charge in [0.1, 0.15) is 4.83 Å². The van der Waals surface area contributed by atoms with Crippen LogP contribution in [0.1, 0.15) is 20.9 Å². The van der Waals surface area contributed by atoms with Gasteiger partial charge in [-0.15, -0.1) is 11.3 Å². The van der Waals surface area contributed by atoms with Crippen LogP contribution in [-0.2, 0) is 0 Å². The fourth-order valence-electron chi connectivity index (χ4n) is 3.15. The molecule has 1 N–H and O–H groups in total. The number of para-hydroxylation sites is 1. The van der Waals surface area contributed by atoms with E-state index in [0.717, 1.165) is 31.8 Å². The summed E-state index contributed by atoms with van der Waals surface area (Å²) < 4.78 is 2.97. The monoisotopic (exact) mass is 404 g/mol. The molecule has 7 heteroatoms. The lowest BCUT2D eigenvalue weighted by Gasteiger charge is -2.01. The topological polar surface area (TPSA) is 59.8 Å². The first-order chi connectivity index (χ1) is 13.6. The van der Waals surface area contributed by atoms with E-state index < -0.39 is 0 Å². The maximum Gasteiger partial charge on any atom is 0.267 e. The molecule has 3 aromatic heterocycles. The van der Waals surface area contributed by atoms with Gasteiger partial charge >= 0.3 is 0 Å². The fourth-order valence-corrected chi connectivity index (χ4v) is 5.18. The molecular formula is C21H16N4OS2. The molecule has 2 aromatic carbocycles. The van der Waals surface area contributed by atoms with Crippen LogP contribution in [0.25, 0.3) is 26.1 Å². The molecule has 0 aliphatic rings. The summed E-state index contributed by atoms with van der Waals surface area (Å²) in [5, 5.41) is 9.19. The molecule has 0 aliphatic heterocycles. The van der Waals surface area contributed by atoms with Crippen LogP contribution in [0.15, 0.2) is 54.6 Å². The van der Waals surface area contributed by atoms with Gasteiger partial charge in [-0.25, -0.2) is 9.67 Å². The minimum atomic E-state index is -0.143. The Morgan fingerprint density at radius 2 is 1.86 bits per heavy atom. The molecule has 0 fully saturated rings. The minimum absolute atomic E-state index is 0.143. The zero-order valence-electron chi connectivity index (χ0n) is 15.3. The van der Waals surface area contributed by atoms with Crippen molar-refractivity contribution in [2.75, 3.05) is 5.32 Å². The summed E-state index contributed by atoms with van der Waals surface area (Å²) in [7, 11) is 0. The van der Waals surface area contributed by atoms with Crippen molar-refractivity contribution in [3.8, 4) is 5.69 Å². The number of aryl methyl sites for hydroxylation is 2. The van der Waals surface area contributed by atoms with Crippen molar-refractivity contribution in [1.29, 1.82) is 0 Å². The molecule has 5 rings (SSSR count). The third-order valence-corrected chi connectivity index (χ3v) is 6.58. The predicted octanol–water partition coefficient (Wildman–Crippen LogP) is 5.57. The van der Waals surface area contributed by atoms with E-state index >= 15 is 0 Å². The van der Waals surface area contributed by atoms with Crippen molar-refractivity contribution in [1.82, 2.24) is 14.8 Å². The van der Waals surface area contributed by atoms with Crippen LogP contribution >= 0.6 is 22.7 Å². The van der Waals surface area contributed by atoms with Crippen molar-refractivity contribution >= 4 is 54.1 Å². The van der Waals surface area contributed by atoms with Gasteiger partial charge in [0.2, 0.25) is 0 Å². The summed E-state index contributed by atoms with van der Waals surface area (Å²) in [6.45, 7) is 4.01. The molecule has 0 radical (unpaired) electrons. The first-order valence-electron chi connectivity index (χ1n) is 8.81. The van der Waals surface area contributed by atoms with Crippen molar-refractivity contribution in [3.05, 3.63) is 70.7 Å². The molecule has 3 heterocycles. The van der Waals surface area contributed by atoms with Gasteiger partial charge in [-0.2, -0.15) is 5.10 Å². The Bertz CT molecular complexity index is 1330. The lowest BCUT2D eigenvalue weighted by Crippen LogP contribution is -2.09. The Labute approximate surface area is 169 Å². The van der Waals surface area contributed by atoms with Crippen molar-refractivity contribution in [2.45, 2.75) is 13.8 Å². The Balaban J connectivity index is 1.49. The van der Waals surface area contributed by atoms with Gasteiger partial charge < -0.3 is 0 Å². The number of thiazole rings is 1. The fraction of sp³-hybridized carbons (Fsp3) is 0.0952. The van der Waals surface area contributed by atoms with E-state index in [-0.39, 0.29) is 5.91 Å². The number of hydrogen-bond donors (Lipinski definition) is 1. The number of amides is 1. The lowest BCUT2D eigenvalue weighted by molar-refractivity contribution is 0.103. The third-order valence-electron chi connectivity index (χ3n) is 4.53. The predicted molar refractivity (Wildman–Crippen MR) is 116 cm³/mol. The quantitative estimate of drug-likeness (QED) is 0.428. The molecule has 0 saturated heterocycles. The Kier molecular flexibility index (Phi) is 3.99. The van der Waals surface area contributed by atoms with Gasteiger partial charge in [-0.3, -0.25) is 10.1 Å². The number of nitrogens with one attached hydrogen (secondary N) is 1. The van der Waals surface area contributed by atoms with Crippen LogP contribution in [0.2, 0.25) is 0 Å². The highest BCUT2D eigenvalue weighted by atomic mass is 32.1. The summed E-state index contributed by atoms with van der Waals surface area (Å²) in [5.74, 6) is -0.143. The third kappa shape index (κ3) is 2.89. The molecule has 5 aromatic rings. The number of carbonyl (C=O) groups is 1. The largest absolute Gasteiger partial charge is 0.297 e. The van der Waals surface area contributed by atoms with Crippen LogP contribution in [0.5, 0.6) is 0 Å². The molecule has 0 bridgehead atoms. The summed E-state index contributed by atoms with van der Waals surface area (Å²) in [5.41, 5.74) is 3.97. The van der Waals surface area contributed by atoms with Gasteiger partial charge in [-0.05, 0) is 49.7 Å². The number of anilines is 1. The molecule has 0 unspecified atom stereocenters. The number of nitrogens with zero attached hydrogens (tertiary/aromatic N) is 3. The average molecular weight is 405 g/mol. The van der Waals surface area contributed by atoms with E-state index in [1.165, 1.54) is 28.2 Å². The van der Waals surface area contributed by atoms with Gasteiger partial charge in [0, 0.05) is 5.39 Å². The average Bonchev–Trinajstić information content (AvgIpc) is 3.36. The Morgan fingerprint density at radius 3 is 2.68 bits per heavy atom. The smallest absolute Gasteiger partial charge is 0.267 e. The molecular weight excluding hydrogens is 388 g/mol. The van der Waals surface area contributed by atoms with Crippen LogP contribution in [0, 0.1) is 13.8 Å². The summed E-state index contributed by atoms with van der Waals surface area (Å²) in [6.07, 6.45) is 0. The van der Waals surface area contributed by atoms with Gasteiger partial charge in [0.05, 0.1) is 26.5 Å². The number of benzene rings is 2. The van der Waals surface area contributed by atoms with Crippen molar-refractivity contribution in [3.63, 3.8) is 0 Å². The number of fused-ring (bicyclic) bond motifs is 2. The maximum atomic E-state index is 12.8. The molecule has 5 nitrogen and oxygen atoms in total. The summed E-state index contributed by atoms with van der Waals surface area (Å²) in [6, 6.07) is 18.0. The summed E-state index contributed by atoms with van der Waals surface area (Å²) >= 11 is 2.93. The standard InChI is InChI=1S/C21H16N4OS2/c1-12-8-9-16-17(10-12)28-21(22-16)23-19(26)18-11-15-13(2)24-25(20(15)27-18)14-6-4-3-5-7-14/h3-11H,1-2H3,(H,22,23,26). The molecule has 0 atom stereocenters. The molecule has 138 valence electrons. The highest BCUT2D eigenvalue weighted by molar-refractivity contribution is 7.23. The number of thiophene rings is 1. The van der Waals surface area contributed by atoms with E-state index in [4.69, 9.17) is 0 Å². The Hall–Kier alpha value is -3.03. The SMILES string of the molecule is Cc1ccc2nc(NC(=O)c3cc4c(C)nn(-c5ccccc5)c4s3)sc2c1. The van der Waals surface area contributed by atoms with E-state index in [1.54, 1.807) is 0 Å². The van der Waals surface area contributed by atoms with Crippen molar-refractivity contribution in [2.24, 2.45) is 0 Å². The Morgan fingerprint density at radius 1 is 1.04 bits per heavy atom. The zero-order valence-corrected chi connectivity index (χ0v) is 16.9. The molecule has 1 amide bonds. The molecule has 0 saturated carbocycles. The maximum absolute atomic E-state index is 12.8. The first kappa shape index (κ1) is 17.1. The number of hydrogen-bond acceptors (Lipinski definition) is 5. The highest BCUT2D eigenvalue weighted by Crippen LogP contribution is 2.32. The second kappa shape index (κ2) is 6.54. The van der Waals surface area contributed by atoms with E-state index in [9.17, 15) is 4.79 Å². The minimum Gasteiger partial charge on any atom is -0.297 e. The second-order valence-corrected chi connectivity index (χ2v) is 8.67. The van der Waals surface area contributed by atoms with E-state index in [0.29, 0.717) is 10.0 Å². The normalized spacial score (nSPS) is 11.4. The van der Waals surface area contributed by atoms with Gasteiger partial charge in [0.25, 0.3) is 5.91 Å². The van der Waals surface area contributed by atoms with E-state index in [2.05, 4.69) is 21.5 Å². The number of rotatable bonds is 3. The van der Waals surface area contributed by atoms with E-state index in [1.807, 2.05) is 67.1 Å². The molecule has 28 heavy (non-hydrogen) atoms. The van der Waals surface area contributed by atoms with Gasteiger partial charge in [-0.1, -0.05) is 35.6 Å². The van der Waals surface area contributed by atoms with Crippen LogP contribution in [0.4, 0.5) is 5.13 Å². The second-order valence-electron chi connectivity index (χ2n) is 6.61. The molecule has 0 aliphatic carbocycles. The number of carbonyl (C=O) groups excluding carboxylic acids is 1. The van der Waals surface area contributed by atoms with Crippen molar-refractivity contribution < 1.29 is 4.79 Å². The molecule has 0 spiro atoms. The van der Waals surface area contributed by atoms with Crippen LogP contribution < -0.4 is 5.32 Å². The van der Waals surface area contributed by atoms with Gasteiger partial charge in [0.15, 0.2) is 5.13 Å². The highest BCUT2D eigenvalue weighted by Gasteiger charge is 2.18. The zero-order chi connectivity index (χ0) is 19.3. The summed E-state index contributed by atoms with van der Waals surface area (Å²) in [4.78, 5) is 19.0. The lowest BCUT2D eigenvalue weighted by atomic mass is 10.2. The van der Waals surface area contributed by atoms with Crippen LogP contribution in [-0.4, -0.2) is 20.7 Å². The van der Waals surface area contributed by atoms with Crippen LogP contribution in [0.3, 0.4) is 0 Å². The first-order valence-corrected chi connectivity index (χ1v) is 10.4.